The molecule has 0 amide bonds. The van der Waals surface area contributed by atoms with E-state index in [2.05, 4.69) is 38.3 Å². The van der Waals surface area contributed by atoms with Gasteiger partial charge in [-0.2, -0.15) is 0 Å². The molecule has 0 aromatic heterocycles. The van der Waals surface area contributed by atoms with Crippen LogP contribution in [0.2, 0.25) is 0 Å². The molecule has 3 nitrogen and oxygen atoms in total. The van der Waals surface area contributed by atoms with Crippen molar-refractivity contribution in [1.82, 2.24) is 0 Å². The molecule has 0 bridgehead atoms. The number of fused-ring (bicyclic) bond motifs is 5. The van der Waals surface area contributed by atoms with Gasteiger partial charge in [-0.3, -0.25) is 0 Å². The molecule has 0 saturated heterocycles. The number of nitrogens with two attached hydrogens (primary N) is 3. The fraction of sp³-hybridized carbons (Fsp3) is 0.913. The molecule has 7 unspecified atom stereocenters. The number of allylic oxidation sites excluding steroid dienone is 2. The predicted molar refractivity (Wildman–Crippen MR) is 114 cm³/mol. The minimum atomic E-state index is 0.152. The van der Waals surface area contributed by atoms with Crippen LogP contribution in [0.1, 0.15) is 78.6 Å². The summed E-state index contributed by atoms with van der Waals surface area (Å²) in [5.41, 5.74) is 18.6. The van der Waals surface area contributed by atoms with Gasteiger partial charge in [0.2, 0.25) is 0 Å². The molecule has 0 heterocycles. The van der Waals surface area contributed by atoms with Gasteiger partial charge in [0.15, 0.2) is 0 Å². The van der Waals surface area contributed by atoms with Crippen LogP contribution in [0.3, 0.4) is 0 Å². The Labute approximate surface area is 162 Å². The average molecular weight is 364 g/mol. The maximum absolute atomic E-state index is 7.27. The topological polar surface area (TPSA) is 78.1 Å². The van der Waals surface area contributed by atoms with E-state index in [-0.39, 0.29) is 5.54 Å². The first-order valence-electron chi connectivity index (χ1n) is 11.1. The van der Waals surface area contributed by atoms with E-state index < -0.39 is 0 Å². The van der Waals surface area contributed by atoms with E-state index in [1.165, 1.54) is 71.9 Å². The molecular formula is C23H45N3. The Kier molecular flexibility index (Phi) is 7.38. The van der Waals surface area contributed by atoms with E-state index in [1.54, 1.807) is 5.57 Å². The largest absolute Gasteiger partial charge is 0.333 e. The van der Waals surface area contributed by atoms with E-state index in [1.807, 2.05) is 0 Å². The standard InChI is InChI=1S/C21H35N.2CH5N/c1-4-16-6-8-19-20(16,3)11-10-18-17-7-5-14(2)13-15(17)9-12-21(18,19)22;2*1-2/h4,14-15,17-19H,5-13,22H2,1-3H3;2*2H2,1H3/b16-4+;;. The molecule has 0 radical (unpaired) electrons. The van der Waals surface area contributed by atoms with Crippen LogP contribution < -0.4 is 17.2 Å². The smallest absolute Gasteiger partial charge is 0.0222 e. The van der Waals surface area contributed by atoms with Gasteiger partial charge in [-0.1, -0.05) is 31.9 Å². The Balaban J connectivity index is 0.000000570. The zero-order valence-electron chi connectivity index (χ0n) is 18.1. The van der Waals surface area contributed by atoms with Crippen LogP contribution in [-0.4, -0.2) is 19.6 Å². The number of hydrogen-bond acceptors (Lipinski definition) is 3. The van der Waals surface area contributed by atoms with E-state index in [0.717, 1.165) is 29.6 Å². The summed E-state index contributed by atoms with van der Waals surface area (Å²) in [6, 6.07) is 0. The van der Waals surface area contributed by atoms with Crippen molar-refractivity contribution in [2.75, 3.05) is 14.1 Å². The minimum absolute atomic E-state index is 0.152. The van der Waals surface area contributed by atoms with Crippen LogP contribution in [0, 0.1) is 35.0 Å². The lowest BCUT2D eigenvalue weighted by Gasteiger charge is -2.61. The van der Waals surface area contributed by atoms with Crippen molar-refractivity contribution in [1.29, 1.82) is 0 Å². The number of hydrogen-bond donors (Lipinski definition) is 3. The predicted octanol–water partition coefficient (Wildman–Crippen LogP) is 4.45. The Bertz CT molecular complexity index is 488. The average Bonchev–Trinajstić information content (AvgIpc) is 3.02. The quantitative estimate of drug-likeness (QED) is 0.556. The van der Waals surface area contributed by atoms with Crippen molar-refractivity contribution >= 4 is 0 Å². The molecule has 4 saturated carbocycles. The van der Waals surface area contributed by atoms with E-state index in [0.29, 0.717) is 5.41 Å². The second-order valence-electron chi connectivity index (χ2n) is 9.46. The summed E-state index contributed by atoms with van der Waals surface area (Å²) >= 11 is 0. The van der Waals surface area contributed by atoms with Gasteiger partial charge in [-0.15, -0.1) is 0 Å². The van der Waals surface area contributed by atoms with Gasteiger partial charge in [-0.05, 0) is 107 Å². The molecule has 0 aromatic rings. The van der Waals surface area contributed by atoms with Crippen LogP contribution in [0.5, 0.6) is 0 Å². The fourth-order valence-electron chi connectivity index (χ4n) is 7.57. The monoisotopic (exact) mass is 363 g/mol. The van der Waals surface area contributed by atoms with Gasteiger partial charge >= 0.3 is 0 Å². The second kappa shape index (κ2) is 8.75. The SMILES string of the molecule is C/C=C1\CCC2C1(C)CCC1C3CCC(C)CC3CCC12N.CN.CN. The maximum atomic E-state index is 7.27. The van der Waals surface area contributed by atoms with Crippen molar-refractivity contribution in [3.8, 4) is 0 Å². The molecule has 7 atom stereocenters. The highest BCUT2D eigenvalue weighted by Gasteiger charge is 2.61. The van der Waals surface area contributed by atoms with Gasteiger partial charge in [0.25, 0.3) is 0 Å². The van der Waals surface area contributed by atoms with E-state index in [9.17, 15) is 0 Å². The van der Waals surface area contributed by atoms with Gasteiger partial charge in [0.1, 0.15) is 0 Å². The molecule has 26 heavy (non-hydrogen) atoms. The molecule has 0 aliphatic heterocycles. The summed E-state index contributed by atoms with van der Waals surface area (Å²) < 4.78 is 0. The molecule has 4 aliphatic rings. The molecule has 4 aliphatic carbocycles. The lowest BCUT2D eigenvalue weighted by Crippen LogP contribution is -2.64. The molecule has 0 spiro atoms. The van der Waals surface area contributed by atoms with E-state index >= 15 is 0 Å². The van der Waals surface area contributed by atoms with Crippen molar-refractivity contribution < 1.29 is 0 Å². The highest BCUT2D eigenvalue weighted by atomic mass is 14.9. The van der Waals surface area contributed by atoms with Crippen LogP contribution in [-0.2, 0) is 0 Å². The highest BCUT2D eigenvalue weighted by molar-refractivity contribution is 5.27. The van der Waals surface area contributed by atoms with Crippen molar-refractivity contribution in [3.63, 3.8) is 0 Å². The number of rotatable bonds is 0. The molecular weight excluding hydrogens is 318 g/mol. The van der Waals surface area contributed by atoms with Gasteiger partial charge in [0.05, 0.1) is 0 Å². The molecule has 152 valence electrons. The van der Waals surface area contributed by atoms with Gasteiger partial charge < -0.3 is 17.2 Å². The molecule has 4 rings (SSSR count). The molecule has 0 aromatic carbocycles. The maximum Gasteiger partial charge on any atom is 0.0222 e. The fourth-order valence-corrected chi connectivity index (χ4v) is 7.57. The second-order valence-corrected chi connectivity index (χ2v) is 9.46. The molecule has 3 heteroatoms. The van der Waals surface area contributed by atoms with E-state index in [4.69, 9.17) is 5.73 Å². The molecule has 4 fully saturated rings. The summed E-state index contributed by atoms with van der Waals surface area (Å²) in [6.07, 6.45) is 15.0. The summed E-state index contributed by atoms with van der Waals surface area (Å²) in [5, 5.41) is 0. The summed E-state index contributed by atoms with van der Waals surface area (Å²) in [7, 11) is 3.00. The third-order valence-corrected chi connectivity index (χ3v) is 8.64. The first-order valence-corrected chi connectivity index (χ1v) is 11.1. The normalized spacial score (nSPS) is 48.2. The first-order chi connectivity index (χ1) is 12.5. The summed E-state index contributed by atoms with van der Waals surface area (Å²) in [6.45, 7) is 7.26. The van der Waals surface area contributed by atoms with Crippen LogP contribution >= 0.6 is 0 Å². The Morgan fingerprint density at radius 3 is 2.31 bits per heavy atom. The zero-order chi connectivity index (χ0) is 19.5. The summed E-state index contributed by atoms with van der Waals surface area (Å²) in [5.74, 6) is 4.49. The van der Waals surface area contributed by atoms with Crippen molar-refractivity contribution in [2.24, 2.45) is 52.2 Å². The summed E-state index contributed by atoms with van der Waals surface area (Å²) in [4.78, 5) is 0. The lowest BCUT2D eigenvalue weighted by molar-refractivity contribution is -0.0665. The van der Waals surface area contributed by atoms with Crippen molar-refractivity contribution in [2.45, 2.75) is 84.1 Å². The third-order valence-electron chi connectivity index (χ3n) is 8.64. The lowest BCUT2D eigenvalue weighted by atomic mass is 9.46. The Morgan fingerprint density at radius 2 is 1.65 bits per heavy atom. The Morgan fingerprint density at radius 1 is 0.962 bits per heavy atom. The highest BCUT2D eigenvalue weighted by Crippen LogP contribution is 2.64. The van der Waals surface area contributed by atoms with Crippen LogP contribution in [0.15, 0.2) is 11.6 Å². The molecule has 6 N–H and O–H groups in total. The first kappa shape index (κ1) is 21.9. The minimum Gasteiger partial charge on any atom is -0.333 e. The van der Waals surface area contributed by atoms with Crippen molar-refractivity contribution in [3.05, 3.63) is 11.6 Å². The zero-order valence-corrected chi connectivity index (χ0v) is 18.1. The Hall–Kier alpha value is -0.380. The third kappa shape index (κ3) is 3.40. The van der Waals surface area contributed by atoms with Gasteiger partial charge in [0, 0.05) is 5.54 Å². The van der Waals surface area contributed by atoms with Gasteiger partial charge in [-0.25, -0.2) is 0 Å². The van der Waals surface area contributed by atoms with Crippen LogP contribution in [0.4, 0.5) is 0 Å². The van der Waals surface area contributed by atoms with Crippen LogP contribution in [0.25, 0.3) is 0 Å².